The first-order valence-electron chi connectivity index (χ1n) is 7.84. The van der Waals surface area contributed by atoms with Crippen LogP contribution in [0.2, 0.25) is 0 Å². The van der Waals surface area contributed by atoms with Crippen molar-refractivity contribution >= 4 is 18.0 Å². The van der Waals surface area contributed by atoms with Crippen molar-refractivity contribution in [2.75, 3.05) is 20.2 Å². The summed E-state index contributed by atoms with van der Waals surface area (Å²) in [6.45, 7) is 4.48. The number of nitrogens with zero attached hydrogens (tertiary/aromatic N) is 1. The van der Waals surface area contributed by atoms with E-state index in [1.165, 1.54) is 36.3 Å². The molecule has 0 heterocycles. The van der Waals surface area contributed by atoms with Gasteiger partial charge in [0.1, 0.15) is 0 Å². The highest BCUT2D eigenvalue weighted by atomic mass is 19.4. The minimum Gasteiger partial charge on any atom is -0.469 e. The Labute approximate surface area is 145 Å². The number of hydrogen-bond acceptors (Lipinski definition) is 3. The molecule has 1 amide bonds. The Morgan fingerprint density at radius 1 is 1.28 bits per heavy atom. The summed E-state index contributed by atoms with van der Waals surface area (Å²) in [6, 6.07) is 4.72. The van der Waals surface area contributed by atoms with Gasteiger partial charge in [-0.2, -0.15) is 13.2 Å². The first-order valence-corrected chi connectivity index (χ1v) is 7.84. The van der Waals surface area contributed by atoms with Crippen molar-refractivity contribution in [1.29, 1.82) is 0 Å². The molecule has 0 aliphatic carbocycles. The highest BCUT2D eigenvalue weighted by Crippen LogP contribution is 2.29. The fourth-order valence-electron chi connectivity index (χ4n) is 2.15. The average molecular weight is 357 g/mol. The molecular formula is C18H22F3NO3. The summed E-state index contributed by atoms with van der Waals surface area (Å²) in [4.78, 5) is 25.0. The van der Waals surface area contributed by atoms with Crippen molar-refractivity contribution in [1.82, 2.24) is 4.90 Å². The Kier molecular flexibility index (Phi) is 7.67. The lowest BCUT2D eigenvalue weighted by Gasteiger charge is -2.22. The van der Waals surface area contributed by atoms with Crippen molar-refractivity contribution in [3.63, 3.8) is 0 Å². The molecule has 0 bridgehead atoms. The molecule has 0 aliphatic heterocycles. The van der Waals surface area contributed by atoms with Gasteiger partial charge in [-0.15, -0.1) is 0 Å². The van der Waals surface area contributed by atoms with Crippen molar-refractivity contribution < 1.29 is 27.5 Å². The first kappa shape index (κ1) is 20.7. The summed E-state index contributed by atoms with van der Waals surface area (Å²) >= 11 is 0. The second kappa shape index (κ2) is 9.25. The number of carbonyl (C=O) groups is 2. The maximum Gasteiger partial charge on any atom is 0.416 e. The Hall–Kier alpha value is -2.31. The van der Waals surface area contributed by atoms with Gasteiger partial charge in [0.05, 0.1) is 19.1 Å². The maximum absolute atomic E-state index is 12.7. The summed E-state index contributed by atoms with van der Waals surface area (Å²) in [6.07, 6.45) is -1.82. The van der Waals surface area contributed by atoms with Crippen LogP contribution in [-0.2, 0) is 20.5 Å². The highest BCUT2D eigenvalue weighted by molar-refractivity contribution is 5.92. The van der Waals surface area contributed by atoms with E-state index >= 15 is 0 Å². The van der Waals surface area contributed by atoms with Gasteiger partial charge < -0.3 is 9.64 Å². The molecule has 0 unspecified atom stereocenters. The number of esters is 1. The molecule has 0 aliphatic rings. The molecular weight excluding hydrogens is 335 g/mol. The third-order valence-corrected chi connectivity index (χ3v) is 3.34. The number of ether oxygens (including phenoxy) is 1. The number of amides is 1. The lowest BCUT2D eigenvalue weighted by molar-refractivity contribution is -0.141. The van der Waals surface area contributed by atoms with Crippen LogP contribution >= 0.6 is 0 Å². The van der Waals surface area contributed by atoms with Crippen LogP contribution in [0.5, 0.6) is 0 Å². The monoisotopic (exact) mass is 357 g/mol. The van der Waals surface area contributed by atoms with E-state index in [1.54, 1.807) is 0 Å². The second-order valence-corrected chi connectivity index (χ2v) is 5.96. The summed E-state index contributed by atoms with van der Waals surface area (Å²) in [5.74, 6) is -0.609. The number of rotatable bonds is 7. The molecule has 4 nitrogen and oxygen atoms in total. The van der Waals surface area contributed by atoms with Crippen molar-refractivity contribution in [2.24, 2.45) is 5.92 Å². The normalized spacial score (nSPS) is 11.8. The van der Waals surface area contributed by atoms with Crippen LogP contribution in [-0.4, -0.2) is 37.0 Å². The van der Waals surface area contributed by atoms with Crippen LogP contribution in [0.25, 0.3) is 6.08 Å². The summed E-state index contributed by atoms with van der Waals surface area (Å²) < 4.78 is 42.7. The molecule has 0 aromatic heterocycles. The van der Waals surface area contributed by atoms with E-state index in [4.69, 9.17) is 0 Å². The molecule has 1 aromatic carbocycles. The fraction of sp³-hybridized carbons (Fsp3) is 0.444. The molecule has 0 fully saturated rings. The van der Waals surface area contributed by atoms with Crippen LogP contribution in [0.3, 0.4) is 0 Å². The van der Waals surface area contributed by atoms with E-state index in [9.17, 15) is 22.8 Å². The van der Waals surface area contributed by atoms with E-state index in [-0.39, 0.29) is 30.4 Å². The van der Waals surface area contributed by atoms with E-state index in [0.29, 0.717) is 6.54 Å². The van der Waals surface area contributed by atoms with Gasteiger partial charge >= 0.3 is 12.1 Å². The first-order chi connectivity index (χ1) is 11.6. The van der Waals surface area contributed by atoms with Crippen LogP contribution in [0.1, 0.15) is 31.4 Å². The van der Waals surface area contributed by atoms with Gasteiger partial charge in [-0.3, -0.25) is 9.59 Å². The highest BCUT2D eigenvalue weighted by Gasteiger charge is 2.30. The van der Waals surface area contributed by atoms with Gasteiger partial charge in [0, 0.05) is 19.2 Å². The molecule has 1 aromatic rings. The molecule has 0 saturated heterocycles. The number of alkyl halides is 3. The van der Waals surface area contributed by atoms with Crippen LogP contribution in [0.15, 0.2) is 30.3 Å². The number of halogens is 3. The van der Waals surface area contributed by atoms with Crippen LogP contribution < -0.4 is 0 Å². The third-order valence-electron chi connectivity index (χ3n) is 3.34. The molecule has 0 spiro atoms. The number of carbonyl (C=O) groups excluding carboxylic acids is 2. The Balaban J connectivity index is 2.84. The largest absolute Gasteiger partial charge is 0.469 e. The second-order valence-electron chi connectivity index (χ2n) is 5.96. The van der Waals surface area contributed by atoms with Gasteiger partial charge in [-0.1, -0.05) is 26.0 Å². The van der Waals surface area contributed by atoms with E-state index in [2.05, 4.69) is 4.74 Å². The predicted molar refractivity (Wildman–Crippen MR) is 88.5 cm³/mol. The summed E-state index contributed by atoms with van der Waals surface area (Å²) in [5.41, 5.74) is -0.493. The summed E-state index contributed by atoms with van der Waals surface area (Å²) in [7, 11) is 1.27. The maximum atomic E-state index is 12.7. The molecule has 7 heteroatoms. The number of methoxy groups -OCH3 is 1. The average Bonchev–Trinajstić information content (AvgIpc) is 2.55. The van der Waals surface area contributed by atoms with Gasteiger partial charge in [0.2, 0.25) is 5.91 Å². The Morgan fingerprint density at radius 3 is 2.52 bits per heavy atom. The zero-order chi connectivity index (χ0) is 19.0. The Bertz CT molecular complexity index is 624. The van der Waals surface area contributed by atoms with E-state index in [1.807, 2.05) is 13.8 Å². The molecule has 0 radical (unpaired) electrons. The predicted octanol–water partition coefficient (Wildman–Crippen LogP) is 3.77. The molecule has 0 saturated carbocycles. The van der Waals surface area contributed by atoms with Crippen molar-refractivity contribution in [3.8, 4) is 0 Å². The summed E-state index contributed by atoms with van der Waals surface area (Å²) in [5, 5.41) is 0. The standard InChI is InChI=1S/C18H22F3NO3/c1-13(2)12-22(10-9-17(24)25-3)16(23)8-7-14-5-4-6-15(11-14)18(19,20)21/h4-8,11,13H,9-10,12H2,1-3H3/b8-7+. The van der Waals surface area contributed by atoms with Crippen molar-refractivity contribution in [2.45, 2.75) is 26.4 Å². The van der Waals surface area contributed by atoms with Gasteiger partial charge in [-0.05, 0) is 29.7 Å². The molecule has 138 valence electrons. The zero-order valence-electron chi connectivity index (χ0n) is 14.5. The third kappa shape index (κ3) is 7.41. The molecule has 25 heavy (non-hydrogen) atoms. The SMILES string of the molecule is COC(=O)CCN(CC(C)C)C(=O)/C=C/c1cccc(C(F)(F)F)c1. The number of benzene rings is 1. The lowest BCUT2D eigenvalue weighted by atomic mass is 10.1. The van der Waals surface area contributed by atoms with E-state index < -0.39 is 17.7 Å². The number of hydrogen-bond donors (Lipinski definition) is 0. The lowest BCUT2D eigenvalue weighted by Crippen LogP contribution is -2.34. The van der Waals surface area contributed by atoms with E-state index in [0.717, 1.165) is 12.1 Å². The zero-order valence-corrected chi connectivity index (χ0v) is 14.5. The quantitative estimate of drug-likeness (QED) is 0.551. The van der Waals surface area contributed by atoms with Crippen LogP contribution in [0.4, 0.5) is 13.2 Å². The Morgan fingerprint density at radius 2 is 1.96 bits per heavy atom. The van der Waals surface area contributed by atoms with Crippen molar-refractivity contribution in [3.05, 3.63) is 41.5 Å². The molecule has 0 atom stereocenters. The van der Waals surface area contributed by atoms with Gasteiger partial charge in [-0.25, -0.2) is 0 Å². The van der Waals surface area contributed by atoms with Gasteiger partial charge in [0.25, 0.3) is 0 Å². The smallest absolute Gasteiger partial charge is 0.416 e. The minimum atomic E-state index is -4.43. The van der Waals surface area contributed by atoms with Crippen LogP contribution in [0, 0.1) is 5.92 Å². The molecule has 0 N–H and O–H groups in total. The fourth-order valence-corrected chi connectivity index (χ4v) is 2.15. The molecule has 1 rings (SSSR count). The topological polar surface area (TPSA) is 46.6 Å². The minimum absolute atomic E-state index is 0.0619. The van der Waals surface area contributed by atoms with Gasteiger partial charge in [0.15, 0.2) is 0 Å².